The third-order valence-corrected chi connectivity index (χ3v) is 2.31. The minimum absolute atomic E-state index is 0. The van der Waals surface area contributed by atoms with Crippen LogP contribution in [0.15, 0.2) is 24.3 Å². The monoisotopic (exact) mass is 312 g/mol. The Morgan fingerprint density at radius 3 is 2.60 bits per heavy atom. The van der Waals surface area contributed by atoms with Crippen LogP contribution < -0.4 is 10.1 Å². The third kappa shape index (κ3) is 6.63. The van der Waals surface area contributed by atoms with Gasteiger partial charge in [-0.15, -0.1) is 25.6 Å². The largest absolute Gasteiger partial charge is 0.573 e. The molecule has 0 fully saturated rings. The average molecular weight is 313 g/mol. The normalized spacial score (nSPS) is 10.7. The smallest absolute Gasteiger partial charge is 0.406 e. The number of carbonyl (C=O) groups is 1. The second kappa shape index (κ2) is 7.96. The highest BCUT2D eigenvalue weighted by molar-refractivity contribution is 5.85. The van der Waals surface area contributed by atoms with Crippen LogP contribution in [0, 0.1) is 0 Å². The number of alkyl halides is 3. The number of nitrogens with zero attached hydrogens (tertiary/aromatic N) is 1. The summed E-state index contributed by atoms with van der Waals surface area (Å²) in [6, 6.07) is 5.56. The van der Waals surface area contributed by atoms with Crippen LogP contribution in [0.1, 0.15) is 5.56 Å². The molecule has 1 aromatic rings. The summed E-state index contributed by atoms with van der Waals surface area (Å²) in [5, 5.41) is 2.71. The van der Waals surface area contributed by atoms with Gasteiger partial charge in [-0.2, -0.15) is 0 Å². The maximum Gasteiger partial charge on any atom is 0.573 e. The zero-order valence-corrected chi connectivity index (χ0v) is 11.8. The molecule has 1 rings (SSSR count). The summed E-state index contributed by atoms with van der Waals surface area (Å²) in [5.41, 5.74) is 0.564. The van der Waals surface area contributed by atoms with Gasteiger partial charge in [-0.05, 0) is 24.7 Å². The van der Waals surface area contributed by atoms with Crippen LogP contribution >= 0.6 is 12.4 Å². The molecule has 20 heavy (non-hydrogen) atoms. The maximum atomic E-state index is 12.1. The standard InChI is InChI=1S/C12H15F3N2O2.ClH/c1-16-7-11(18)17(2)8-9-4-3-5-10(6-9)19-12(13,14)15;/h3-6,16H,7-8H2,1-2H3;1H. The third-order valence-electron chi connectivity index (χ3n) is 2.31. The van der Waals surface area contributed by atoms with Gasteiger partial charge < -0.3 is 15.0 Å². The molecule has 0 aliphatic rings. The molecule has 0 aromatic heterocycles. The molecule has 0 heterocycles. The number of halogens is 4. The van der Waals surface area contributed by atoms with E-state index in [4.69, 9.17) is 0 Å². The summed E-state index contributed by atoms with van der Waals surface area (Å²) in [4.78, 5) is 12.9. The zero-order valence-electron chi connectivity index (χ0n) is 11.0. The van der Waals surface area contributed by atoms with Crippen molar-refractivity contribution in [2.24, 2.45) is 0 Å². The van der Waals surface area contributed by atoms with Crippen molar-refractivity contribution in [1.82, 2.24) is 10.2 Å². The molecule has 8 heteroatoms. The van der Waals surface area contributed by atoms with Gasteiger partial charge in [-0.1, -0.05) is 12.1 Å². The van der Waals surface area contributed by atoms with E-state index in [2.05, 4.69) is 10.1 Å². The van der Waals surface area contributed by atoms with Gasteiger partial charge in [-0.3, -0.25) is 4.79 Å². The van der Waals surface area contributed by atoms with Crippen molar-refractivity contribution in [2.45, 2.75) is 12.9 Å². The molecule has 1 amide bonds. The lowest BCUT2D eigenvalue weighted by Gasteiger charge is -2.17. The first-order valence-corrected chi connectivity index (χ1v) is 5.55. The number of ether oxygens (including phenoxy) is 1. The highest BCUT2D eigenvalue weighted by atomic mass is 35.5. The van der Waals surface area contributed by atoms with Crippen LogP contribution in [0.25, 0.3) is 0 Å². The number of nitrogens with one attached hydrogen (secondary N) is 1. The van der Waals surface area contributed by atoms with Crippen molar-refractivity contribution < 1.29 is 22.7 Å². The molecule has 0 aliphatic heterocycles. The summed E-state index contributed by atoms with van der Waals surface area (Å²) in [6.07, 6.45) is -4.72. The Balaban J connectivity index is 0.00000361. The van der Waals surface area contributed by atoms with E-state index >= 15 is 0 Å². The molecule has 114 valence electrons. The van der Waals surface area contributed by atoms with Crippen LogP contribution in [0.4, 0.5) is 13.2 Å². The molecule has 1 aromatic carbocycles. The first-order valence-electron chi connectivity index (χ1n) is 5.55. The quantitative estimate of drug-likeness (QED) is 0.906. The predicted molar refractivity (Wildman–Crippen MR) is 70.8 cm³/mol. The van der Waals surface area contributed by atoms with Crippen LogP contribution in [-0.2, 0) is 11.3 Å². The van der Waals surface area contributed by atoms with Crippen LogP contribution in [0.2, 0.25) is 0 Å². The van der Waals surface area contributed by atoms with Crippen molar-refractivity contribution in [3.05, 3.63) is 29.8 Å². The number of likely N-dealkylation sites (N-methyl/N-ethyl adjacent to an activating group) is 2. The molecule has 0 radical (unpaired) electrons. The number of carbonyl (C=O) groups excluding carboxylic acids is 1. The van der Waals surface area contributed by atoms with E-state index in [0.29, 0.717) is 5.56 Å². The summed E-state index contributed by atoms with van der Waals surface area (Å²) < 4.78 is 40.0. The fourth-order valence-electron chi connectivity index (χ4n) is 1.49. The first kappa shape index (κ1) is 18.5. The van der Waals surface area contributed by atoms with E-state index in [0.717, 1.165) is 0 Å². The molecule has 0 spiro atoms. The molecule has 1 N–H and O–H groups in total. The second-order valence-electron chi connectivity index (χ2n) is 3.98. The maximum absolute atomic E-state index is 12.1. The lowest BCUT2D eigenvalue weighted by molar-refractivity contribution is -0.274. The predicted octanol–water partition coefficient (Wildman–Crippen LogP) is 2.18. The minimum Gasteiger partial charge on any atom is -0.406 e. The number of hydrogen-bond donors (Lipinski definition) is 1. The zero-order chi connectivity index (χ0) is 14.5. The number of benzene rings is 1. The molecular formula is C12H16ClF3N2O2. The van der Waals surface area contributed by atoms with Gasteiger partial charge in [-0.25, -0.2) is 0 Å². The van der Waals surface area contributed by atoms with Gasteiger partial charge in [0, 0.05) is 13.6 Å². The van der Waals surface area contributed by atoms with E-state index in [-0.39, 0.29) is 37.2 Å². The van der Waals surface area contributed by atoms with Crippen molar-refractivity contribution in [2.75, 3.05) is 20.6 Å². The van der Waals surface area contributed by atoms with Gasteiger partial charge in [0.2, 0.25) is 5.91 Å². The van der Waals surface area contributed by atoms with Gasteiger partial charge in [0.25, 0.3) is 0 Å². The Morgan fingerprint density at radius 2 is 2.05 bits per heavy atom. The second-order valence-corrected chi connectivity index (χ2v) is 3.98. The van der Waals surface area contributed by atoms with Crippen molar-refractivity contribution >= 4 is 18.3 Å². The molecule has 0 unspecified atom stereocenters. The molecule has 4 nitrogen and oxygen atoms in total. The van der Waals surface area contributed by atoms with E-state index in [1.54, 1.807) is 20.2 Å². The molecule has 0 atom stereocenters. The van der Waals surface area contributed by atoms with Gasteiger partial charge in [0.05, 0.1) is 6.54 Å². The van der Waals surface area contributed by atoms with Crippen molar-refractivity contribution in [1.29, 1.82) is 0 Å². The van der Waals surface area contributed by atoms with Gasteiger partial charge >= 0.3 is 6.36 Å². The van der Waals surface area contributed by atoms with Crippen LogP contribution in [-0.4, -0.2) is 37.8 Å². The Morgan fingerprint density at radius 1 is 1.40 bits per heavy atom. The highest BCUT2D eigenvalue weighted by Crippen LogP contribution is 2.23. The summed E-state index contributed by atoms with van der Waals surface area (Å²) in [5.74, 6) is -0.441. The average Bonchev–Trinajstić information content (AvgIpc) is 2.27. The summed E-state index contributed by atoms with van der Waals surface area (Å²) in [7, 11) is 3.22. The van der Waals surface area contributed by atoms with E-state index in [9.17, 15) is 18.0 Å². The Hall–Kier alpha value is -1.47. The van der Waals surface area contributed by atoms with Gasteiger partial charge in [0.1, 0.15) is 5.75 Å². The van der Waals surface area contributed by atoms with Crippen molar-refractivity contribution in [3.63, 3.8) is 0 Å². The van der Waals surface area contributed by atoms with E-state index in [1.807, 2.05) is 0 Å². The summed E-state index contributed by atoms with van der Waals surface area (Å²) >= 11 is 0. The Kier molecular flexibility index (Phi) is 7.38. The Labute approximate surface area is 121 Å². The highest BCUT2D eigenvalue weighted by Gasteiger charge is 2.31. The molecule has 0 bridgehead atoms. The van der Waals surface area contributed by atoms with Crippen molar-refractivity contribution in [3.8, 4) is 5.75 Å². The number of amides is 1. The fraction of sp³-hybridized carbons (Fsp3) is 0.417. The lowest BCUT2D eigenvalue weighted by atomic mass is 10.2. The Bertz CT molecular complexity index is 441. The van der Waals surface area contributed by atoms with Crippen LogP contribution in [0.3, 0.4) is 0 Å². The molecule has 0 saturated carbocycles. The summed E-state index contributed by atoms with van der Waals surface area (Å²) in [6.45, 7) is 0.394. The fourth-order valence-corrected chi connectivity index (χ4v) is 1.49. The van der Waals surface area contributed by atoms with E-state index in [1.165, 1.54) is 23.1 Å². The van der Waals surface area contributed by atoms with E-state index < -0.39 is 6.36 Å². The first-order chi connectivity index (χ1) is 8.81. The lowest BCUT2D eigenvalue weighted by Crippen LogP contribution is -2.33. The topological polar surface area (TPSA) is 41.6 Å². The SMILES string of the molecule is CNCC(=O)N(C)Cc1cccc(OC(F)(F)F)c1.Cl. The molecular weight excluding hydrogens is 297 g/mol. The van der Waals surface area contributed by atoms with Crippen LogP contribution in [0.5, 0.6) is 5.75 Å². The number of rotatable bonds is 5. The molecule has 0 aliphatic carbocycles. The number of hydrogen-bond acceptors (Lipinski definition) is 3. The molecule has 0 saturated heterocycles. The van der Waals surface area contributed by atoms with Gasteiger partial charge in [0.15, 0.2) is 0 Å². The minimum atomic E-state index is -4.72.